The smallest absolute Gasteiger partial charge is 0.175 e. The minimum absolute atomic E-state index is 0.402. The maximum Gasteiger partial charge on any atom is 0.175 e. The number of hydrogen-bond acceptors (Lipinski definition) is 2. The highest BCUT2D eigenvalue weighted by Gasteiger charge is 2.24. The molecule has 1 unspecified atom stereocenters. The van der Waals surface area contributed by atoms with Crippen LogP contribution in [0.4, 0.5) is 5.69 Å². The molecule has 1 heterocycles. The van der Waals surface area contributed by atoms with E-state index < -0.39 is 0 Å². The summed E-state index contributed by atoms with van der Waals surface area (Å²) in [5, 5.41) is 10.1. The largest absolute Gasteiger partial charge is 0.309 e. The van der Waals surface area contributed by atoms with Crippen molar-refractivity contribution < 1.29 is 10.3 Å². The summed E-state index contributed by atoms with van der Waals surface area (Å²) in [4.78, 5) is 2.15. The van der Waals surface area contributed by atoms with E-state index >= 15 is 0 Å². The van der Waals surface area contributed by atoms with Crippen LogP contribution in [0.15, 0.2) is 30.5 Å². The Morgan fingerprint density at radius 1 is 1.27 bits per heavy atom. The van der Waals surface area contributed by atoms with Crippen molar-refractivity contribution in [1.29, 1.82) is 0 Å². The van der Waals surface area contributed by atoms with Gasteiger partial charge in [0.2, 0.25) is 0 Å². The Bertz CT molecular complexity index is 385. The molecular formula is C12H17N2O+. The van der Waals surface area contributed by atoms with E-state index in [9.17, 15) is 5.21 Å². The van der Waals surface area contributed by atoms with E-state index in [1.54, 1.807) is 0 Å². The lowest BCUT2D eigenvalue weighted by Gasteiger charge is -2.08. The summed E-state index contributed by atoms with van der Waals surface area (Å²) in [7, 11) is 4.12. The van der Waals surface area contributed by atoms with Crippen LogP contribution in [0.5, 0.6) is 0 Å². The highest BCUT2D eigenvalue weighted by atomic mass is 16.5. The van der Waals surface area contributed by atoms with Crippen LogP contribution in [-0.4, -0.2) is 30.7 Å². The van der Waals surface area contributed by atoms with Crippen molar-refractivity contribution in [2.24, 2.45) is 0 Å². The summed E-state index contributed by atoms with van der Waals surface area (Å²) in [5.74, 6) is 0. The number of nitrogens with one attached hydrogen (secondary N) is 1. The van der Waals surface area contributed by atoms with Crippen LogP contribution in [0, 0.1) is 0 Å². The average Bonchev–Trinajstić information content (AvgIpc) is 2.54. The molecule has 0 saturated heterocycles. The van der Waals surface area contributed by atoms with E-state index in [-0.39, 0.29) is 0 Å². The summed E-state index contributed by atoms with van der Waals surface area (Å²) in [6.07, 6.45) is 2.86. The first-order valence-electron chi connectivity index (χ1n) is 5.19. The first-order chi connectivity index (χ1) is 7.18. The molecule has 1 aliphatic rings. The van der Waals surface area contributed by atoms with Crippen molar-refractivity contribution in [2.75, 3.05) is 20.6 Å². The third kappa shape index (κ3) is 2.09. The molecule has 80 valence electrons. The molecule has 0 fully saturated rings. The van der Waals surface area contributed by atoms with E-state index in [0.717, 1.165) is 18.7 Å². The molecule has 1 aromatic carbocycles. The van der Waals surface area contributed by atoms with Crippen molar-refractivity contribution in [3.8, 4) is 0 Å². The average molecular weight is 205 g/mol. The van der Waals surface area contributed by atoms with Crippen molar-refractivity contribution in [1.82, 2.24) is 4.90 Å². The monoisotopic (exact) mass is 205 g/mol. The molecule has 0 radical (unpaired) electrons. The zero-order valence-electron chi connectivity index (χ0n) is 9.20. The number of benzene rings is 1. The van der Waals surface area contributed by atoms with Gasteiger partial charge in [-0.15, -0.1) is 5.06 Å². The molecule has 1 aromatic rings. The molecule has 1 atom stereocenters. The number of quaternary nitrogens is 1. The van der Waals surface area contributed by atoms with Gasteiger partial charge in [0.1, 0.15) is 6.20 Å². The Balaban J connectivity index is 2.18. The predicted octanol–water partition coefficient (Wildman–Crippen LogP) is 0.898. The highest BCUT2D eigenvalue weighted by Crippen LogP contribution is 2.26. The second-order valence-electron chi connectivity index (χ2n) is 4.15. The second-order valence-corrected chi connectivity index (χ2v) is 4.15. The summed E-state index contributed by atoms with van der Waals surface area (Å²) >= 11 is 0. The fourth-order valence-electron chi connectivity index (χ4n) is 1.86. The third-order valence-corrected chi connectivity index (χ3v) is 2.69. The number of hydrogen-bond donors (Lipinski definition) is 2. The van der Waals surface area contributed by atoms with E-state index in [1.165, 1.54) is 11.1 Å². The van der Waals surface area contributed by atoms with Gasteiger partial charge in [0.15, 0.2) is 5.69 Å². The van der Waals surface area contributed by atoms with E-state index in [1.807, 2.05) is 24.4 Å². The van der Waals surface area contributed by atoms with Crippen molar-refractivity contribution in [2.45, 2.75) is 6.42 Å². The van der Waals surface area contributed by atoms with Gasteiger partial charge in [-0.1, -0.05) is 12.1 Å². The Morgan fingerprint density at radius 3 is 2.73 bits per heavy atom. The van der Waals surface area contributed by atoms with Gasteiger partial charge in [-0.05, 0) is 26.6 Å². The quantitative estimate of drug-likeness (QED) is 0.767. The minimum Gasteiger partial charge on any atom is -0.309 e. The van der Waals surface area contributed by atoms with E-state index in [4.69, 9.17) is 0 Å². The van der Waals surface area contributed by atoms with Crippen molar-refractivity contribution in [3.63, 3.8) is 0 Å². The lowest BCUT2D eigenvalue weighted by molar-refractivity contribution is -0.988. The third-order valence-electron chi connectivity index (χ3n) is 2.69. The maximum absolute atomic E-state index is 9.74. The number of fused-ring (bicyclic) bond motifs is 1. The number of nitrogens with zero attached hydrogens (tertiary/aromatic N) is 1. The molecule has 0 spiro atoms. The molecule has 2 rings (SSSR count). The van der Waals surface area contributed by atoms with Crippen LogP contribution >= 0.6 is 0 Å². The standard InChI is InChI=1S/C12H16N2O/c1-13(2)8-7-10-9-14(15)12-6-4-3-5-11(10)12/h3-6,9,15H,7-8H2,1-2H3/p+1. The Morgan fingerprint density at radius 2 is 2.00 bits per heavy atom. The van der Waals surface area contributed by atoms with Crippen LogP contribution in [-0.2, 0) is 0 Å². The minimum atomic E-state index is 0.402. The summed E-state index contributed by atoms with van der Waals surface area (Å²) < 4.78 is 0. The SMILES string of the molecule is CN(C)CCC1=C[NH+](O)c2ccccc21. The molecule has 0 amide bonds. The van der Waals surface area contributed by atoms with Gasteiger partial charge in [-0.2, -0.15) is 0 Å². The molecule has 2 N–H and O–H groups in total. The van der Waals surface area contributed by atoms with Gasteiger partial charge in [-0.3, -0.25) is 0 Å². The van der Waals surface area contributed by atoms with Crippen LogP contribution in [0.3, 0.4) is 0 Å². The van der Waals surface area contributed by atoms with Gasteiger partial charge in [-0.25, -0.2) is 5.21 Å². The van der Waals surface area contributed by atoms with Crippen LogP contribution in [0.2, 0.25) is 0 Å². The van der Waals surface area contributed by atoms with Gasteiger partial charge < -0.3 is 4.90 Å². The van der Waals surface area contributed by atoms with Crippen molar-refractivity contribution in [3.05, 3.63) is 36.0 Å². The molecule has 0 bridgehead atoms. The molecule has 1 aliphatic heterocycles. The summed E-state index contributed by atoms with van der Waals surface area (Å²) in [5.41, 5.74) is 3.37. The van der Waals surface area contributed by atoms with Gasteiger partial charge in [0, 0.05) is 23.7 Å². The molecule has 0 aliphatic carbocycles. The Kier molecular flexibility index (Phi) is 2.86. The first-order valence-corrected chi connectivity index (χ1v) is 5.19. The molecule has 0 aromatic heterocycles. The molecular weight excluding hydrogens is 188 g/mol. The number of para-hydroxylation sites is 1. The van der Waals surface area contributed by atoms with Gasteiger partial charge in [0.05, 0.1) is 0 Å². The lowest BCUT2D eigenvalue weighted by Crippen LogP contribution is -2.98. The lowest BCUT2D eigenvalue weighted by atomic mass is 10.0. The number of hydroxylamine groups is 1. The zero-order chi connectivity index (χ0) is 10.8. The van der Waals surface area contributed by atoms with E-state index in [2.05, 4.69) is 25.1 Å². The van der Waals surface area contributed by atoms with Gasteiger partial charge in [0.25, 0.3) is 0 Å². The second kappa shape index (κ2) is 4.14. The summed E-state index contributed by atoms with van der Waals surface area (Å²) in [6, 6.07) is 8.00. The number of rotatable bonds is 3. The maximum atomic E-state index is 9.74. The fraction of sp³-hybridized carbons (Fsp3) is 0.333. The van der Waals surface area contributed by atoms with Crippen LogP contribution in [0.25, 0.3) is 5.57 Å². The van der Waals surface area contributed by atoms with Crippen molar-refractivity contribution >= 4 is 11.3 Å². The zero-order valence-corrected chi connectivity index (χ0v) is 9.20. The first kappa shape index (κ1) is 10.4. The van der Waals surface area contributed by atoms with E-state index in [0.29, 0.717) is 5.06 Å². The normalized spacial score (nSPS) is 19.2. The predicted molar refractivity (Wildman–Crippen MR) is 60.0 cm³/mol. The highest BCUT2D eigenvalue weighted by molar-refractivity contribution is 5.74. The van der Waals surface area contributed by atoms with Crippen LogP contribution in [0.1, 0.15) is 12.0 Å². The molecule has 15 heavy (non-hydrogen) atoms. The molecule has 0 saturated carbocycles. The topological polar surface area (TPSA) is 27.9 Å². The fourth-order valence-corrected chi connectivity index (χ4v) is 1.86. The Hall–Kier alpha value is -1.16. The molecule has 3 nitrogen and oxygen atoms in total. The van der Waals surface area contributed by atoms with Gasteiger partial charge >= 0.3 is 0 Å². The molecule has 3 heteroatoms. The Labute approximate surface area is 90.2 Å². The summed E-state index contributed by atoms with van der Waals surface area (Å²) in [6.45, 7) is 1.01. The van der Waals surface area contributed by atoms with Crippen LogP contribution < -0.4 is 5.06 Å².